The molecule has 0 aliphatic carbocycles. The summed E-state index contributed by atoms with van der Waals surface area (Å²) in [4.78, 5) is 0. The Bertz CT molecular complexity index is 568. The van der Waals surface area contributed by atoms with E-state index in [1.54, 1.807) is 0 Å². The molecular weight excluding hydrogens is 360 g/mol. The number of nitriles is 1. The van der Waals surface area contributed by atoms with Gasteiger partial charge in [-0.15, -0.1) is 0 Å². The maximum absolute atomic E-state index is 9.36. The van der Waals surface area contributed by atoms with Crippen LogP contribution in [0.5, 0.6) is 0 Å². The maximum atomic E-state index is 9.36. The minimum atomic E-state index is -1.98. The van der Waals surface area contributed by atoms with E-state index in [-0.39, 0.29) is 22.2 Å². The van der Waals surface area contributed by atoms with Crippen molar-refractivity contribution in [3.05, 3.63) is 0 Å². The van der Waals surface area contributed by atoms with Gasteiger partial charge in [-0.1, -0.05) is 0 Å². The van der Waals surface area contributed by atoms with E-state index in [4.69, 9.17) is 4.74 Å². The fourth-order valence-corrected chi connectivity index (χ4v) is 13.2. The number of hydrogen-bond acceptors (Lipinski definition) is 3. The van der Waals surface area contributed by atoms with Crippen molar-refractivity contribution < 1.29 is 0 Å². The van der Waals surface area contributed by atoms with Crippen LogP contribution >= 0.6 is 15.7 Å². The lowest BCUT2D eigenvalue weighted by Gasteiger charge is -2.68. The number of hydrogen-bond donors (Lipinski definition) is 1. The molecule has 1 N–H and O–H groups in total. The summed E-state index contributed by atoms with van der Waals surface area (Å²) >= 11 is 0. The van der Waals surface area contributed by atoms with Crippen LogP contribution in [0.3, 0.4) is 0 Å². The SMILES string of the molecule is CC(C)(C)N=P1(CCC#N)N(C(C)(C)C)P(NC(C)(C)C)N1C(C)(C)C. The van der Waals surface area contributed by atoms with Crippen molar-refractivity contribution in [2.45, 2.75) is 112 Å². The molecule has 0 radical (unpaired) electrons. The fourth-order valence-electron chi connectivity index (χ4n) is 3.33. The summed E-state index contributed by atoms with van der Waals surface area (Å²) in [6.45, 7) is 26.9. The normalized spacial score (nSPS) is 26.3. The molecule has 1 fully saturated rings. The molecule has 5 nitrogen and oxygen atoms in total. The van der Waals surface area contributed by atoms with Gasteiger partial charge in [0, 0.05) is 29.2 Å². The van der Waals surface area contributed by atoms with Crippen molar-refractivity contribution in [3.8, 4) is 6.07 Å². The lowest BCUT2D eigenvalue weighted by atomic mass is 10.1. The topological polar surface area (TPSA) is 54.7 Å². The summed E-state index contributed by atoms with van der Waals surface area (Å²) in [6, 6.07) is 2.39. The van der Waals surface area contributed by atoms with E-state index in [1.165, 1.54) is 0 Å². The van der Waals surface area contributed by atoms with E-state index in [0.29, 0.717) is 6.42 Å². The summed E-state index contributed by atoms with van der Waals surface area (Å²) in [7, 11) is -2.66. The Hall–Kier alpha value is 0.0300. The van der Waals surface area contributed by atoms with Gasteiger partial charge in [0.1, 0.15) is 15.7 Å². The monoisotopic (exact) mass is 401 g/mol. The molecule has 7 heteroatoms. The molecule has 0 saturated carbocycles. The average molecular weight is 402 g/mol. The summed E-state index contributed by atoms with van der Waals surface area (Å²) in [5.41, 5.74) is -0.140. The minimum absolute atomic E-state index is 0.0102. The highest BCUT2D eigenvalue weighted by Gasteiger charge is 2.61. The predicted molar refractivity (Wildman–Crippen MR) is 117 cm³/mol. The van der Waals surface area contributed by atoms with Gasteiger partial charge in [-0.2, -0.15) is 5.26 Å². The Morgan fingerprint density at radius 2 is 1.31 bits per heavy atom. The predicted octanol–water partition coefficient (Wildman–Crippen LogP) is 6.56. The van der Waals surface area contributed by atoms with Gasteiger partial charge in [0.2, 0.25) is 0 Å². The van der Waals surface area contributed by atoms with E-state index in [2.05, 4.69) is 103 Å². The van der Waals surface area contributed by atoms with Crippen LogP contribution in [0, 0.1) is 11.3 Å². The standard InChI is InChI=1S/C19H41N5P2/c1-16(2,3)21-25-23(18(7,8)9)26(15-13-14-20,22-17(4,5)6)24(25)19(10,11)12/h21H,13,15H2,1-12H3. The smallest absolute Gasteiger partial charge is 0.130 e. The third-order valence-electron chi connectivity index (χ3n) is 3.58. The second-order valence-corrected chi connectivity index (χ2v) is 16.2. The summed E-state index contributed by atoms with van der Waals surface area (Å²) in [5, 5.41) is 13.2. The molecule has 26 heavy (non-hydrogen) atoms. The number of nitrogens with zero attached hydrogens (tertiary/aromatic N) is 4. The lowest BCUT2D eigenvalue weighted by Crippen LogP contribution is -2.60. The molecule has 0 spiro atoms. The van der Waals surface area contributed by atoms with E-state index >= 15 is 0 Å². The van der Waals surface area contributed by atoms with Crippen LogP contribution in [-0.2, 0) is 0 Å². The Morgan fingerprint density at radius 1 is 0.885 bits per heavy atom. The van der Waals surface area contributed by atoms with Gasteiger partial charge in [0.25, 0.3) is 0 Å². The minimum Gasteiger partial charge on any atom is -0.267 e. The molecule has 1 saturated heterocycles. The van der Waals surface area contributed by atoms with E-state index < -0.39 is 15.7 Å². The Morgan fingerprint density at radius 3 is 1.58 bits per heavy atom. The van der Waals surface area contributed by atoms with Crippen molar-refractivity contribution in [2.24, 2.45) is 4.74 Å². The highest BCUT2D eigenvalue weighted by atomic mass is 31.3. The molecule has 1 rings (SSSR count). The van der Waals surface area contributed by atoms with Crippen LogP contribution in [0.2, 0.25) is 0 Å². The van der Waals surface area contributed by atoms with Gasteiger partial charge in [-0.05, 0) is 83.1 Å². The van der Waals surface area contributed by atoms with Crippen LogP contribution in [0.4, 0.5) is 0 Å². The van der Waals surface area contributed by atoms with Gasteiger partial charge in [-0.3, -0.25) is 9.83 Å². The Labute approximate surface area is 164 Å². The molecule has 0 aromatic rings. The molecule has 0 bridgehead atoms. The zero-order chi connectivity index (χ0) is 20.8. The molecule has 1 aliphatic heterocycles. The largest absolute Gasteiger partial charge is 0.267 e. The first-order valence-corrected chi connectivity index (χ1v) is 12.6. The van der Waals surface area contributed by atoms with Crippen LogP contribution in [0.15, 0.2) is 4.74 Å². The second kappa shape index (κ2) is 7.46. The third kappa shape index (κ3) is 5.52. The molecule has 0 atom stereocenters. The van der Waals surface area contributed by atoms with Crippen LogP contribution in [0.1, 0.15) is 89.5 Å². The van der Waals surface area contributed by atoms with Gasteiger partial charge in [0.15, 0.2) is 0 Å². The van der Waals surface area contributed by atoms with Gasteiger partial charge >= 0.3 is 0 Å². The van der Waals surface area contributed by atoms with Crippen LogP contribution in [0.25, 0.3) is 0 Å². The number of nitrogens with one attached hydrogen (secondary N) is 1. The van der Waals surface area contributed by atoms with Crippen LogP contribution in [-0.4, -0.2) is 37.2 Å². The molecule has 0 amide bonds. The van der Waals surface area contributed by atoms with Crippen LogP contribution < -0.4 is 5.09 Å². The summed E-state index contributed by atoms with van der Waals surface area (Å²) in [6.07, 6.45) is 1.38. The van der Waals surface area contributed by atoms with Gasteiger partial charge in [-0.25, -0.2) is 8.88 Å². The Kier molecular flexibility index (Phi) is 6.90. The zero-order valence-corrected chi connectivity index (χ0v) is 20.9. The molecule has 1 aliphatic rings. The molecule has 0 aromatic heterocycles. The third-order valence-corrected chi connectivity index (χ3v) is 13.3. The van der Waals surface area contributed by atoms with Crippen molar-refractivity contribution >= 4 is 15.7 Å². The van der Waals surface area contributed by atoms with E-state index in [0.717, 1.165) is 6.16 Å². The first kappa shape index (κ1) is 24.1. The molecule has 1 heterocycles. The Balaban J connectivity index is 3.69. The van der Waals surface area contributed by atoms with Gasteiger partial charge in [0.05, 0.1) is 11.6 Å². The van der Waals surface area contributed by atoms with Crippen molar-refractivity contribution in [3.63, 3.8) is 0 Å². The first-order valence-electron chi connectivity index (χ1n) is 9.54. The number of rotatable bonds is 3. The highest BCUT2D eigenvalue weighted by molar-refractivity contribution is 7.86. The van der Waals surface area contributed by atoms with Gasteiger partial charge < -0.3 is 0 Å². The summed E-state index contributed by atoms with van der Waals surface area (Å²) in [5.74, 6) is 0. The molecule has 0 unspecified atom stereocenters. The first-order chi connectivity index (χ1) is 11.4. The quantitative estimate of drug-likeness (QED) is 0.544. The van der Waals surface area contributed by atoms with Crippen molar-refractivity contribution in [1.82, 2.24) is 14.0 Å². The fraction of sp³-hybridized carbons (Fsp3) is 0.947. The molecule has 152 valence electrons. The maximum Gasteiger partial charge on any atom is 0.130 e. The van der Waals surface area contributed by atoms with Crippen molar-refractivity contribution in [1.29, 1.82) is 5.26 Å². The average Bonchev–Trinajstić information content (AvgIpc) is 2.26. The molecule has 0 aromatic carbocycles. The van der Waals surface area contributed by atoms with E-state index in [9.17, 15) is 5.26 Å². The summed E-state index contributed by atoms with van der Waals surface area (Å²) < 4.78 is 10.7. The zero-order valence-electron chi connectivity index (χ0n) is 19.1. The van der Waals surface area contributed by atoms with Crippen molar-refractivity contribution in [2.75, 3.05) is 6.16 Å². The lowest BCUT2D eigenvalue weighted by molar-refractivity contribution is 0.262. The second-order valence-electron chi connectivity index (χ2n) is 11.2. The molecular formula is C19H41N5P2. The highest BCUT2D eigenvalue weighted by Crippen LogP contribution is 2.86. The van der Waals surface area contributed by atoms with E-state index in [1.807, 2.05) is 0 Å².